The molecule has 0 aromatic heterocycles. The van der Waals surface area contributed by atoms with Gasteiger partial charge in [0.15, 0.2) is 0 Å². The number of amides is 2. The van der Waals surface area contributed by atoms with Gasteiger partial charge in [-0.3, -0.25) is 0 Å². The van der Waals surface area contributed by atoms with Crippen molar-refractivity contribution in [1.82, 2.24) is 14.3 Å². The van der Waals surface area contributed by atoms with Crippen molar-refractivity contribution in [3.8, 4) is 0 Å². The molecule has 4 N–H and O–H groups in total. The Kier molecular flexibility index (Phi) is 8.27. The van der Waals surface area contributed by atoms with Gasteiger partial charge in [-0.25, -0.2) is 9.52 Å². The van der Waals surface area contributed by atoms with Crippen molar-refractivity contribution in [2.75, 3.05) is 19.6 Å². The molecular formula is C33H57N3O5S. The third kappa shape index (κ3) is 5.24. The van der Waals surface area contributed by atoms with Crippen LogP contribution in [-0.2, 0) is 10.2 Å². The van der Waals surface area contributed by atoms with Crippen molar-refractivity contribution in [2.24, 2.45) is 57.7 Å². The van der Waals surface area contributed by atoms with Gasteiger partial charge in [-0.05, 0) is 135 Å². The number of nitrogens with zero attached hydrogens (tertiary/aromatic N) is 1. The first-order valence-corrected chi connectivity index (χ1v) is 18.7. The molecule has 5 saturated carbocycles. The number of carbonyl (C=O) groups is 1. The van der Waals surface area contributed by atoms with Crippen molar-refractivity contribution in [2.45, 2.75) is 123 Å². The molecule has 240 valence electrons. The van der Waals surface area contributed by atoms with Crippen LogP contribution >= 0.6 is 0 Å². The molecule has 0 aromatic carbocycles. The minimum absolute atomic E-state index is 0.177. The molecule has 0 radical (unpaired) electrons. The summed E-state index contributed by atoms with van der Waals surface area (Å²) >= 11 is 0. The third-order valence-corrected chi connectivity index (χ3v) is 15.8. The first-order valence-electron chi connectivity index (χ1n) is 17.3. The van der Waals surface area contributed by atoms with Crippen molar-refractivity contribution < 1.29 is 23.4 Å². The van der Waals surface area contributed by atoms with E-state index in [0.29, 0.717) is 60.6 Å². The number of piperidine rings is 1. The van der Waals surface area contributed by atoms with Crippen LogP contribution in [0, 0.1) is 57.7 Å². The van der Waals surface area contributed by atoms with Crippen molar-refractivity contribution >= 4 is 16.2 Å². The molecule has 2 amide bonds. The van der Waals surface area contributed by atoms with Gasteiger partial charge in [0.2, 0.25) is 0 Å². The second-order valence-electron chi connectivity index (χ2n) is 16.1. The highest BCUT2D eigenvalue weighted by atomic mass is 32.2. The maximum Gasteiger partial charge on any atom is 0.329 e. The van der Waals surface area contributed by atoms with Crippen LogP contribution in [0.25, 0.3) is 0 Å². The summed E-state index contributed by atoms with van der Waals surface area (Å²) in [6.07, 6.45) is 13.0. The van der Waals surface area contributed by atoms with Crippen LogP contribution in [-0.4, -0.2) is 60.8 Å². The van der Waals surface area contributed by atoms with E-state index in [2.05, 4.69) is 37.7 Å². The van der Waals surface area contributed by atoms with Crippen molar-refractivity contribution in [1.29, 1.82) is 0 Å². The summed E-state index contributed by atoms with van der Waals surface area (Å²) in [6.45, 7) is 10.9. The van der Waals surface area contributed by atoms with E-state index in [1.54, 1.807) is 0 Å². The Hall–Kier alpha value is -0.900. The lowest BCUT2D eigenvalue weighted by molar-refractivity contribution is -0.203. The lowest BCUT2D eigenvalue weighted by Gasteiger charge is -2.64. The molecule has 9 heteroatoms. The molecule has 42 heavy (non-hydrogen) atoms. The Morgan fingerprint density at radius 3 is 2.26 bits per heavy atom. The minimum Gasteiger partial charge on any atom is -0.393 e. The highest BCUT2D eigenvalue weighted by molar-refractivity contribution is 7.87. The molecule has 1 spiro atoms. The molecule has 6 aliphatic rings. The SMILES string of the molecule is CC[C@H]1[C@@H](O)[C@H]2[C@@H]3CC[C@H]([C@H](C)CCNC(=O)NS(=O)(=O)N4CCC5(CC4)CC5)C3(C)CC[C@@H]2[C@@]2(C)CC[C@@H](O)C[C@@H]12. The van der Waals surface area contributed by atoms with Crippen LogP contribution < -0.4 is 10.0 Å². The van der Waals surface area contributed by atoms with Crippen LogP contribution in [0.5, 0.6) is 0 Å². The van der Waals surface area contributed by atoms with Gasteiger partial charge in [0.25, 0.3) is 0 Å². The van der Waals surface area contributed by atoms with E-state index in [1.165, 1.54) is 23.6 Å². The van der Waals surface area contributed by atoms with E-state index in [4.69, 9.17) is 0 Å². The van der Waals surface area contributed by atoms with Crippen molar-refractivity contribution in [3.05, 3.63) is 0 Å². The van der Waals surface area contributed by atoms with Gasteiger partial charge in [0.1, 0.15) is 0 Å². The molecule has 6 rings (SSSR count). The Balaban J connectivity index is 1.05. The standard InChI is InChI=1S/C33H57N3O5S/c1-5-23-27-20-22(37)8-11-32(27,4)26-9-12-31(3)24(6-7-25(31)28(26)29(23)38)21(2)10-17-34-30(39)35-42(40,41)36-18-15-33(13-14-33)16-19-36/h21-29,37-38H,5-20H2,1-4H3,(H2,34,35,39)/t21-,22-,23-,24-,25+,26+,27+,28+,29-,31?,32-/m1/s1. The Morgan fingerprint density at radius 2 is 1.60 bits per heavy atom. The first-order chi connectivity index (χ1) is 19.8. The zero-order valence-electron chi connectivity index (χ0n) is 26.5. The molecule has 1 heterocycles. The lowest BCUT2D eigenvalue weighted by atomic mass is 9.41. The molecule has 1 saturated heterocycles. The predicted octanol–water partition coefficient (Wildman–Crippen LogP) is 5.06. The molecule has 1 unspecified atom stereocenters. The summed E-state index contributed by atoms with van der Waals surface area (Å²) in [5, 5.41) is 25.3. The average Bonchev–Trinajstić information content (AvgIpc) is 3.58. The zero-order valence-corrected chi connectivity index (χ0v) is 27.3. The highest BCUT2D eigenvalue weighted by Crippen LogP contribution is 2.69. The molecule has 8 nitrogen and oxygen atoms in total. The van der Waals surface area contributed by atoms with E-state index in [9.17, 15) is 23.4 Å². The number of rotatable bonds is 7. The minimum atomic E-state index is -3.80. The second-order valence-corrected chi connectivity index (χ2v) is 17.8. The predicted molar refractivity (Wildman–Crippen MR) is 163 cm³/mol. The topological polar surface area (TPSA) is 119 Å². The van der Waals surface area contributed by atoms with Crippen molar-refractivity contribution in [3.63, 3.8) is 0 Å². The fourth-order valence-corrected chi connectivity index (χ4v) is 12.7. The largest absolute Gasteiger partial charge is 0.393 e. The highest BCUT2D eigenvalue weighted by Gasteiger charge is 2.64. The van der Waals surface area contributed by atoms with Gasteiger partial charge in [-0.15, -0.1) is 0 Å². The number of hydrogen-bond donors (Lipinski definition) is 4. The molecule has 5 aliphatic carbocycles. The fraction of sp³-hybridized carbons (Fsp3) is 0.970. The maximum atomic E-state index is 12.8. The summed E-state index contributed by atoms with van der Waals surface area (Å²) < 4.78 is 29.2. The monoisotopic (exact) mass is 607 g/mol. The smallest absolute Gasteiger partial charge is 0.329 e. The molecule has 0 bridgehead atoms. The maximum absolute atomic E-state index is 12.8. The summed E-state index contributed by atoms with van der Waals surface area (Å²) in [5.74, 6) is 2.99. The van der Waals surface area contributed by atoms with Gasteiger partial charge >= 0.3 is 16.2 Å². The lowest BCUT2D eigenvalue weighted by Crippen LogP contribution is -2.62. The molecule has 6 fully saturated rings. The quantitative estimate of drug-likeness (QED) is 0.323. The van der Waals surface area contributed by atoms with Gasteiger partial charge in [-0.1, -0.05) is 34.1 Å². The van der Waals surface area contributed by atoms with Gasteiger partial charge in [-0.2, -0.15) is 12.7 Å². The van der Waals surface area contributed by atoms with E-state index < -0.39 is 16.2 Å². The Morgan fingerprint density at radius 1 is 0.929 bits per heavy atom. The number of fused-ring (bicyclic) bond motifs is 5. The van der Waals surface area contributed by atoms with Crippen LogP contribution in [0.1, 0.15) is 111 Å². The van der Waals surface area contributed by atoms with E-state index in [1.807, 2.05) is 0 Å². The summed E-state index contributed by atoms with van der Waals surface area (Å²) in [5.41, 5.74) is 0.766. The fourth-order valence-electron chi connectivity index (χ4n) is 11.6. The molecule has 0 aromatic rings. The summed E-state index contributed by atoms with van der Waals surface area (Å²) in [4.78, 5) is 12.6. The van der Waals surface area contributed by atoms with Crippen LogP contribution in [0.15, 0.2) is 0 Å². The summed E-state index contributed by atoms with van der Waals surface area (Å²) in [7, 11) is -3.80. The third-order valence-electron chi connectivity index (χ3n) is 14.3. The van der Waals surface area contributed by atoms with Gasteiger partial charge < -0.3 is 15.5 Å². The summed E-state index contributed by atoms with van der Waals surface area (Å²) in [6, 6.07) is -0.624. The molecule has 1 aliphatic heterocycles. The normalized spacial score (nSPS) is 45.4. The molecule has 11 atom stereocenters. The second kappa shape index (κ2) is 11.2. The Bertz CT molecular complexity index is 1120. The number of nitrogens with one attached hydrogen (secondary N) is 2. The zero-order chi connectivity index (χ0) is 30.1. The van der Waals surface area contributed by atoms with E-state index in [-0.39, 0.29) is 29.0 Å². The number of urea groups is 1. The molecular weight excluding hydrogens is 550 g/mol. The average molecular weight is 608 g/mol. The first kappa shape index (κ1) is 31.1. The number of aliphatic hydroxyl groups is 2. The van der Waals surface area contributed by atoms with E-state index >= 15 is 0 Å². The Labute approximate surface area is 254 Å². The van der Waals surface area contributed by atoms with Crippen LogP contribution in [0.2, 0.25) is 0 Å². The van der Waals surface area contributed by atoms with Crippen LogP contribution in [0.3, 0.4) is 0 Å². The van der Waals surface area contributed by atoms with Gasteiger partial charge in [0.05, 0.1) is 12.2 Å². The number of carbonyl (C=O) groups excluding carboxylic acids is 1. The van der Waals surface area contributed by atoms with Gasteiger partial charge in [0, 0.05) is 19.6 Å². The van der Waals surface area contributed by atoms with Crippen LogP contribution in [0.4, 0.5) is 4.79 Å². The number of aliphatic hydroxyl groups excluding tert-OH is 2. The number of hydrogen-bond acceptors (Lipinski definition) is 5. The van der Waals surface area contributed by atoms with E-state index in [0.717, 1.165) is 64.2 Å².